The van der Waals surface area contributed by atoms with E-state index in [0.29, 0.717) is 29.8 Å². The van der Waals surface area contributed by atoms with Crippen LogP contribution in [0.3, 0.4) is 0 Å². The summed E-state index contributed by atoms with van der Waals surface area (Å²) in [5.74, 6) is 1.43. The van der Waals surface area contributed by atoms with Gasteiger partial charge in [-0.1, -0.05) is 48.2 Å². The van der Waals surface area contributed by atoms with Crippen molar-refractivity contribution in [3.63, 3.8) is 0 Å². The lowest BCUT2D eigenvalue weighted by molar-refractivity contribution is -0.127. The third-order valence-corrected chi connectivity index (χ3v) is 5.24. The van der Waals surface area contributed by atoms with Gasteiger partial charge in [-0.3, -0.25) is 9.36 Å². The molecule has 0 radical (unpaired) electrons. The molecule has 0 saturated heterocycles. The summed E-state index contributed by atoms with van der Waals surface area (Å²) in [7, 11) is 0. The molecule has 3 aromatic rings. The zero-order valence-corrected chi connectivity index (χ0v) is 16.0. The molecular formula is C20H19N5O2S. The van der Waals surface area contributed by atoms with Crippen molar-refractivity contribution in [1.82, 2.24) is 19.8 Å². The van der Waals surface area contributed by atoms with E-state index in [0.717, 1.165) is 17.7 Å². The van der Waals surface area contributed by atoms with Gasteiger partial charge in [0.15, 0.2) is 10.9 Å². The van der Waals surface area contributed by atoms with Gasteiger partial charge in [0.2, 0.25) is 5.82 Å². The van der Waals surface area contributed by atoms with Crippen LogP contribution in [0.25, 0.3) is 11.6 Å². The molecule has 0 spiro atoms. The number of nitrogens with zero attached hydrogens (tertiary/aromatic N) is 5. The van der Waals surface area contributed by atoms with Crippen molar-refractivity contribution < 1.29 is 9.21 Å². The lowest BCUT2D eigenvalue weighted by atomic mass is 10.1. The average Bonchev–Trinajstić information content (AvgIpc) is 3.48. The molecule has 1 aliphatic rings. The Labute approximate surface area is 166 Å². The summed E-state index contributed by atoms with van der Waals surface area (Å²) in [6.45, 7) is 4.91. The lowest BCUT2D eigenvalue weighted by Crippen LogP contribution is -2.25. The van der Waals surface area contributed by atoms with Gasteiger partial charge >= 0.3 is 0 Å². The van der Waals surface area contributed by atoms with Crippen LogP contribution in [0.2, 0.25) is 0 Å². The number of hydrogen-bond donors (Lipinski definition) is 0. The second-order valence-corrected chi connectivity index (χ2v) is 7.09. The Morgan fingerprint density at radius 3 is 2.82 bits per heavy atom. The van der Waals surface area contributed by atoms with Gasteiger partial charge < -0.3 is 4.42 Å². The normalized spacial score (nSPS) is 13.6. The number of carbonyl (C=O) groups is 1. The van der Waals surface area contributed by atoms with Crippen LogP contribution in [0.5, 0.6) is 0 Å². The Bertz CT molecular complexity index is 995. The average molecular weight is 393 g/mol. The number of amides is 1. The molecular weight excluding hydrogens is 374 g/mol. The minimum atomic E-state index is -0.0522. The van der Waals surface area contributed by atoms with E-state index in [-0.39, 0.29) is 11.7 Å². The van der Waals surface area contributed by atoms with Gasteiger partial charge in [0.1, 0.15) is 0 Å². The van der Waals surface area contributed by atoms with Crippen molar-refractivity contribution >= 4 is 23.4 Å². The number of furan rings is 1. The van der Waals surface area contributed by atoms with Gasteiger partial charge in [0, 0.05) is 13.0 Å². The van der Waals surface area contributed by atoms with E-state index in [4.69, 9.17) is 4.42 Å². The van der Waals surface area contributed by atoms with Gasteiger partial charge in [-0.15, -0.1) is 16.8 Å². The first-order valence-corrected chi connectivity index (χ1v) is 9.89. The van der Waals surface area contributed by atoms with Crippen LogP contribution in [-0.4, -0.2) is 43.7 Å². The van der Waals surface area contributed by atoms with E-state index in [1.54, 1.807) is 18.4 Å². The molecule has 28 heavy (non-hydrogen) atoms. The van der Waals surface area contributed by atoms with Crippen molar-refractivity contribution in [3.05, 3.63) is 66.9 Å². The molecule has 0 saturated carbocycles. The number of benzene rings is 1. The highest BCUT2D eigenvalue weighted by Gasteiger charge is 2.23. The molecule has 0 unspecified atom stereocenters. The minimum absolute atomic E-state index is 0.0522. The number of thioether (sulfide) groups is 1. The highest BCUT2D eigenvalue weighted by atomic mass is 32.2. The summed E-state index contributed by atoms with van der Waals surface area (Å²) < 4.78 is 7.30. The molecule has 1 aromatic carbocycles. The zero-order chi connectivity index (χ0) is 19.3. The number of allylic oxidation sites excluding steroid dienone is 1. The molecule has 3 heterocycles. The predicted molar refractivity (Wildman–Crippen MR) is 108 cm³/mol. The first-order valence-electron chi connectivity index (χ1n) is 8.90. The molecule has 142 valence electrons. The molecule has 0 N–H and O–H groups in total. The van der Waals surface area contributed by atoms with E-state index in [1.807, 2.05) is 41.0 Å². The lowest BCUT2D eigenvalue weighted by Gasteiger charge is -2.11. The fourth-order valence-electron chi connectivity index (χ4n) is 2.95. The summed E-state index contributed by atoms with van der Waals surface area (Å²) in [5, 5.41) is 15.1. The topological polar surface area (TPSA) is 76.5 Å². The van der Waals surface area contributed by atoms with Gasteiger partial charge in [0.25, 0.3) is 5.91 Å². The molecule has 2 aromatic heterocycles. The maximum atomic E-state index is 12.6. The minimum Gasteiger partial charge on any atom is -0.461 e. The van der Waals surface area contributed by atoms with Crippen molar-refractivity contribution in [2.45, 2.75) is 18.1 Å². The second kappa shape index (κ2) is 8.26. The van der Waals surface area contributed by atoms with E-state index in [1.165, 1.54) is 16.8 Å². The van der Waals surface area contributed by atoms with Crippen molar-refractivity contribution in [3.8, 4) is 11.6 Å². The fourth-order valence-corrected chi connectivity index (χ4v) is 3.77. The highest BCUT2D eigenvalue weighted by Crippen LogP contribution is 2.25. The van der Waals surface area contributed by atoms with Gasteiger partial charge in [0.05, 0.1) is 24.3 Å². The van der Waals surface area contributed by atoms with Gasteiger partial charge in [-0.2, -0.15) is 5.10 Å². The number of hydrogen-bond acceptors (Lipinski definition) is 6. The van der Waals surface area contributed by atoms with Gasteiger partial charge in [-0.25, -0.2) is 5.01 Å². The molecule has 1 aliphatic heterocycles. The summed E-state index contributed by atoms with van der Waals surface area (Å²) in [4.78, 5) is 12.6. The summed E-state index contributed by atoms with van der Waals surface area (Å²) in [6.07, 6.45) is 4.11. The maximum Gasteiger partial charge on any atom is 0.253 e. The molecule has 0 aliphatic carbocycles. The first kappa shape index (κ1) is 18.2. The Morgan fingerprint density at radius 1 is 1.21 bits per heavy atom. The van der Waals surface area contributed by atoms with Crippen LogP contribution in [0.4, 0.5) is 0 Å². The predicted octanol–water partition coefficient (Wildman–Crippen LogP) is 3.45. The van der Waals surface area contributed by atoms with E-state index < -0.39 is 0 Å². The number of carbonyl (C=O) groups excluding carboxylic acids is 1. The van der Waals surface area contributed by atoms with Crippen molar-refractivity contribution in [2.24, 2.45) is 5.10 Å². The van der Waals surface area contributed by atoms with E-state index in [2.05, 4.69) is 21.9 Å². The molecule has 8 heteroatoms. The van der Waals surface area contributed by atoms with E-state index >= 15 is 0 Å². The Balaban J connectivity index is 1.44. The SMILES string of the molecule is C=CCn1c(SCC(=O)N2CCC(c3ccccc3)=N2)nnc1-c1ccco1. The zero-order valence-electron chi connectivity index (χ0n) is 15.2. The molecule has 0 fully saturated rings. The van der Waals surface area contributed by atoms with Crippen LogP contribution in [0.15, 0.2) is 76.1 Å². The Kier molecular flexibility index (Phi) is 5.38. The molecule has 0 atom stereocenters. The quantitative estimate of drug-likeness (QED) is 0.454. The van der Waals surface area contributed by atoms with Crippen LogP contribution in [0, 0.1) is 0 Å². The van der Waals surface area contributed by atoms with Crippen LogP contribution in [-0.2, 0) is 11.3 Å². The maximum absolute atomic E-state index is 12.6. The Morgan fingerprint density at radius 2 is 2.07 bits per heavy atom. The molecule has 1 amide bonds. The number of hydrazone groups is 1. The standard InChI is InChI=1S/C20H19N5O2S/c1-2-11-24-19(17-9-6-13-27-17)21-22-20(24)28-14-18(26)25-12-10-16(23-25)15-7-4-3-5-8-15/h2-9,13H,1,10-12,14H2. The first-order chi connectivity index (χ1) is 13.8. The number of aromatic nitrogens is 3. The summed E-state index contributed by atoms with van der Waals surface area (Å²) >= 11 is 1.34. The largest absolute Gasteiger partial charge is 0.461 e. The van der Waals surface area contributed by atoms with Crippen molar-refractivity contribution in [1.29, 1.82) is 0 Å². The summed E-state index contributed by atoms with van der Waals surface area (Å²) in [5.41, 5.74) is 1.99. The Hall–Kier alpha value is -3.13. The molecule has 4 rings (SSSR count). The second-order valence-electron chi connectivity index (χ2n) is 6.15. The van der Waals surface area contributed by atoms with Crippen LogP contribution >= 0.6 is 11.8 Å². The van der Waals surface area contributed by atoms with Crippen LogP contribution < -0.4 is 0 Å². The molecule has 7 nitrogen and oxygen atoms in total. The fraction of sp³-hybridized carbons (Fsp3) is 0.200. The molecule has 0 bridgehead atoms. The monoisotopic (exact) mass is 393 g/mol. The highest BCUT2D eigenvalue weighted by molar-refractivity contribution is 7.99. The third kappa shape index (κ3) is 3.77. The van der Waals surface area contributed by atoms with Gasteiger partial charge in [-0.05, 0) is 17.7 Å². The summed E-state index contributed by atoms with van der Waals surface area (Å²) in [6, 6.07) is 13.6. The number of rotatable bonds is 7. The van der Waals surface area contributed by atoms with E-state index in [9.17, 15) is 4.79 Å². The van der Waals surface area contributed by atoms with Crippen LogP contribution in [0.1, 0.15) is 12.0 Å². The third-order valence-electron chi connectivity index (χ3n) is 4.29. The van der Waals surface area contributed by atoms with Crippen molar-refractivity contribution in [2.75, 3.05) is 12.3 Å². The smallest absolute Gasteiger partial charge is 0.253 e.